The first-order valence-electron chi connectivity index (χ1n) is 9.61. The van der Waals surface area contributed by atoms with Gasteiger partial charge in [0.25, 0.3) is 0 Å². The van der Waals surface area contributed by atoms with Crippen molar-refractivity contribution in [1.82, 2.24) is 15.2 Å². The van der Waals surface area contributed by atoms with Gasteiger partial charge in [0.1, 0.15) is 11.3 Å². The van der Waals surface area contributed by atoms with Gasteiger partial charge in [0.05, 0.1) is 17.9 Å². The first kappa shape index (κ1) is 24.7. The first-order valence-corrected chi connectivity index (χ1v) is 9.61. The number of nitrogens with one attached hydrogen (secondary N) is 2. The molecule has 1 fully saturated rings. The van der Waals surface area contributed by atoms with Gasteiger partial charge in [0, 0.05) is 19.7 Å². The highest BCUT2D eigenvalue weighted by Gasteiger charge is 2.39. The van der Waals surface area contributed by atoms with Crippen LogP contribution in [-0.4, -0.2) is 64.7 Å². The Hall–Kier alpha value is -2.60. The van der Waals surface area contributed by atoms with Gasteiger partial charge in [0.15, 0.2) is 6.29 Å². The van der Waals surface area contributed by atoms with E-state index in [1.807, 2.05) is 0 Å². The van der Waals surface area contributed by atoms with E-state index in [4.69, 9.17) is 9.47 Å². The van der Waals surface area contributed by atoms with E-state index < -0.39 is 48.0 Å². The molecule has 3 amide bonds. The molecule has 3 N–H and O–H groups in total. The van der Waals surface area contributed by atoms with Gasteiger partial charge in [-0.3, -0.25) is 4.90 Å². The predicted octanol–water partition coefficient (Wildman–Crippen LogP) is 2.95. The van der Waals surface area contributed by atoms with Crippen LogP contribution in [0.15, 0.2) is 18.3 Å². The average Bonchev–Trinajstić information content (AvgIpc) is 2.65. The Morgan fingerprint density at radius 1 is 1.29 bits per heavy atom. The van der Waals surface area contributed by atoms with E-state index in [1.165, 1.54) is 12.0 Å². The zero-order valence-corrected chi connectivity index (χ0v) is 17.7. The topological polar surface area (TPSA) is 113 Å². The van der Waals surface area contributed by atoms with Crippen LogP contribution in [-0.2, 0) is 15.7 Å². The van der Waals surface area contributed by atoms with E-state index in [1.54, 1.807) is 20.8 Å². The number of carbonyl (C=O) groups is 2. The lowest BCUT2D eigenvalue weighted by Gasteiger charge is -2.41. The lowest BCUT2D eigenvalue weighted by molar-refractivity contribution is -0.141. The number of carbonyl (C=O) groups excluding carboxylic acids is 2. The van der Waals surface area contributed by atoms with Gasteiger partial charge in [-0.15, -0.1) is 0 Å². The van der Waals surface area contributed by atoms with Crippen molar-refractivity contribution in [2.45, 2.75) is 63.8 Å². The van der Waals surface area contributed by atoms with Crippen LogP contribution in [0.1, 0.15) is 39.3 Å². The van der Waals surface area contributed by atoms with Crippen molar-refractivity contribution < 1.29 is 37.3 Å². The van der Waals surface area contributed by atoms with Crippen LogP contribution in [0.25, 0.3) is 0 Å². The molecule has 1 aromatic rings. The van der Waals surface area contributed by atoms with Crippen molar-refractivity contribution in [3.63, 3.8) is 0 Å². The molecule has 0 saturated carbocycles. The Morgan fingerprint density at radius 2 is 1.97 bits per heavy atom. The smallest absolute Gasteiger partial charge is 0.433 e. The van der Waals surface area contributed by atoms with Crippen molar-refractivity contribution in [2.75, 3.05) is 19.0 Å². The monoisotopic (exact) mass is 448 g/mol. The number of piperidine rings is 1. The van der Waals surface area contributed by atoms with Crippen LogP contribution >= 0.6 is 0 Å². The maximum atomic E-state index is 12.6. The Labute approximate surface area is 177 Å². The maximum absolute atomic E-state index is 12.6. The molecular formula is C19H27F3N4O5. The highest BCUT2D eigenvalue weighted by Crippen LogP contribution is 2.28. The summed E-state index contributed by atoms with van der Waals surface area (Å²) in [7, 11) is 1.29. The van der Waals surface area contributed by atoms with Crippen molar-refractivity contribution >= 4 is 17.8 Å². The summed E-state index contributed by atoms with van der Waals surface area (Å²) in [5.74, 6) is 0. The number of likely N-dealkylation sites (tertiary alicyclic amines) is 1. The van der Waals surface area contributed by atoms with Crippen LogP contribution in [0.2, 0.25) is 0 Å². The molecule has 9 nitrogen and oxygen atoms in total. The summed E-state index contributed by atoms with van der Waals surface area (Å²) in [6.45, 7) is 5.37. The standard InChI is InChI=1S/C19H27F3N4O5/c1-18(2,3)31-17(29)26-8-7-11(9-13(26)15(27)30-4)24-16(28)25-12-5-6-14(23-10-12)19(20,21)22/h5-6,10-11,13,15,27H,7-9H2,1-4H3,(H2,24,25,28)/t11-,13-,15?/m1/s1. The molecule has 0 aromatic carbocycles. The number of hydrogen-bond donors (Lipinski definition) is 3. The number of pyridine rings is 1. The molecular weight excluding hydrogens is 421 g/mol. The fourth-order valence-electron chi connectivity index (χ4n) is 3.09. The summed E-state index contributed by atoms with van der Waals surface area (Å²) in [6.07, 6.45) is -4.99. The quantitative estimate of drug-likeness (QED) is 0.611. The third kappa shape index (κ3) is 7.24. The molecule has 0 radical (unpaired) electrons. The zero-order valence-electron chi connectivity index (χ0n) is 17.7. The summed E-state index contributed by atoms with van der Waals surface area (Å²) >= 11 is 0. The number of alkyl halides is 3. The summed E-state index contributed by atoms with van der Waals surface area (Å²) < 4.78 is 48.0. The maximum Gasteiger partial charge on any atom is 0.433 e. The van der Waals surface area contributed by atoms with Crippen LogP contribution in [0, 0.1) is 0 Å². The minimum Gasteiger partial charge on any atom is -0.444 e. The second-order valence-electron chi connectivity index (χ2n) is 8.12. The van der Waals surface area contributed by atoms with Gasteiger partial charge in [-0.2, -0.15) is 13.2 Å². The lowest BCUT2D eigenvalue weighted by Crippen LogP contribution is -2.57. The molecule has 3 atom stereocenters. The van der Waals surface area contributed by atoms with Gasteiger partial charge in [0.2, 0.25) is 0 Å². The minimum atomic E-state index is -4.57. The fourth-order valence-corrected chi connectivity index (χ4v) is 3.09. The Bertz CT molecular complexity index is 767. The van der Waals surface area contributed by atoms with Crippen molar-refractivity contribution in [2.24, 2.45) is 0 Å². The number of hydrogen-bond acceptors (Lipinski definition) is 6. The number of aliphatic hydroxyl groups excluding tert-OH is 1. The molecule has 1 aliphatic rings. The average molecular weight is 448 g/mol. The highest BCUT2D eigenvalue weighted by atomic mass is 19.4. The Balaban J connectivity index is 1.98. The van der Waals surface area contributed by atoms with Gasteiger partial charge in [-0.25, -0.2) is 14.6 Å². The van der Waals surface area contributed by atoms with Crippen LogP contribution in [0.5, 0.6) is 0 Å². The fraction of sp³-hybridized carbons (Fsp3) is 0.632. The van der Waals surface area contributed by atoms with E-state index in [0.29, 0.717) is 6.42 Å². The lowest BCUT2D eigenvalue weighted by atomic mass is 9.97. The third-order valence-corrected chi connectivity index (χ3v) is 4.49. The summed E-state index contributed by atoms with van der Waals surface area (Å²) in [4.78, 5) is 29.3. The second kappa shape index (κ2) is 9.69. The number of ether oxygens (including phenoxy) is 2. The summed E-state index contributed by atoms with van der Waals surface area (Å²) in [6, 6.07) is 0.0308. The number of amides is 3. The molecule has 2 rings (SSSR count). The van der Waals surface area contributed by atoms with Crippen LogP contribution < -0.4 is 10.6 Å². The molecule has 31 heavy (non-hydrogen) atoms. The molecule has 1 saturated heterocycles. The summed E-state index contributed by atoms with van der Waals surface area (Å²) in [5, 5.41) is 15.3. The van der Waals surface area contributed by atoms with Crippen LogP contribution in [0.3, 0.4) is 0 Å². The molecule has 0 aliphatic carbocycles. The molecule has 1 unspecified atom stereocenters. The Morgan fingerprint density at radius 3 is 2.48 bits per heavy atom. The number of anilines is 1. The van der Waals surface area contributed by atoms with E-state index in [0.717, 1.165) is 18.3 Å². The van der Waals surface area contributed by atoms with Crippen LogP contribution in [0.4, 0.5) is 28.4 Å². The Kier molecular flexibility index (Phi) is 7.71. The largest absolute Gasteiger partial charge is 0.444 e. The third-order valence-electron chi connectivity index (χ3n) is 4.49. The molecule has 174 valence electrons. The second-order valence-corrected chi connectivity index (χ2v) is 8.12. The zero-order chi connectivity index (χ0) is 23.4. The number of rotatable bonds is 4. The van der Waals surface area contributed by atoms with Gasteiger partial charge in [-0.1, -0.05) is 0 Å². The SMILES string of the molecule is COC(O)[C@H]1C[C@H](NC(=O)Nc2ccc(C(F)(F)F)nc2)CCN1C(=O)OC(C)(C)C. The molecule has 0 spiro atoms. The molecule has 1 aromatic heterocycles. The van der Waals surface area contributed by atoms with Gasteiger partial charge in [-0.05, 0) is 45.7 Å². The van der Waals surface area contributed by atoms with E-state index in [-0.39, 0.29) is 18.7 Å². The summed E-state index contributed by atoms with van der Waals surface area (Å²) in [5.41, 5.74) is -1.70. The minimum absolute atomic E-state index is 0.0881. The highest BCUT2D eigenvalue weighted by molar-refractivity contribution is 5.89. The number of halogens is 3. The normalized spacial score (nSPS) is 20.7. The molecule has 2 heterocycles. The number of aliphatic hydroxyl groups is 1. The van der Waals surface area contributed by atoms with E-state index in [9.17, 15) is 27.9 Å². The molecule has 12 heteroatoms. The first-order chi connectivity index (χ1) is 14.3. The number of methoxy groups -OCH3 is 1. The van der Waals surface area contributed by atoms with E-state index >= 15 is 0 Å². The van der Waals surface area contributed by atoms with Gasteiger partial charge >= 0.3 is 18.3 Å². The number of nitrogens with zero attached hydrogens (tertiary/aromatic N) is 2. The molecule has 1 aliphatic heterocycles. The number of aromatic nitrogens is 1. The predicted molar refractivity (Wildman–Crippen MR) is 104 cm³/mol. The van der Waals surface area contributed by atoms with E-state index in [2.05, 4.69) is 15.6 Å². The van der Waals surface area contributed by atoms with Crippen molar-refractivity contribution in [1.29, 1.82) is 0 Å². The van der Waals surface area contributed by atoms with Crippen molar-refractivity contribution in [3.8, 4) is 0 Å². The molecule has 0 bridgehead atoms. The number of urea groups is 1. The van der Waals surface area contributed by atoms with Crippen molar-refractivity contribution in [3.05, 3.63) is 24.0 Å². The van der Waals surface area contributed by atoms with Gasteiger partial charge < -0.3 is 25.2 Å².